The van der Waals surface area contributed by atoms with Crippen molar-refractivity contribution in [2.24, 2.45) is 0 Å². The van der Waals surface area contributed by atoms with Crippen LogP contribution in [0.25, 0.3) is 0 Å². The van der Waals surface area contributed by atoms with Crippen molar-refractivity contribution in [1.29, 1.82) is 0 Å². The first kappa shape index (κ1) is 19.8. The van der Waals surface area contributed by atoms with Crippen LogP contribution in [0.3, 0.4) is 0 Å². The number of carbonyl (C=O) groups is 2. The van der Waals surface area contributed by atoms with Crippen molar-refractivity contribution < 1.29 is 9.59 Å². The molecular weight excluding hydrogens is 344 g/mol. The maximum Gasteiger partial charge on any atom is 0.193 e. The van der Waals surface area contributed by atoms with Gasteiger partial charge in [0, 0.05) is 22.3 Å². The molecule has 142 valence electrons. The number of hydrogen-bond donors (Lipinski definition) is 0. The maximum atomic E-state index is 13.2. The van der Waals surface area contributed by atoms with Gasteiger partial charge in [0.15, 0.2) is 11.6 Å². The van der Waals surface area contributed by atoms with Crippen molar-refractivity contribution >= 4 is 11.6 Å². The summed E-state index contributed by atoms with van der Waals surface area (Å²) in [4.78, 5) is 26.4. The molecule has 28 heavy (non-hydrogen) atoms. The van der Waals surface area contributed by atoms with E-state index >= 15 is 0 Å². The van der Waals surface area contributed by atoms with Crippen molar-refractivity contribution in [3.8, 4) is 0 Å². The van der Waals surface area contributed by atoms with Gasteiger partial charge in [0.05, 0.1) is 0 Å². The van der Waals surface area contributed by atoms with Crippen LogP contribution < -0.4 is 0 Å². The van der Waals surface area contributed by atoms with Crippen LogP contribution in [0.1, 0.15) is 65.2 Å². The molecule has 0 saturated heterocycles. The Bertz CT molecular complexity index is 972. The third-order valence-corrected chi connectivity index (χ3v) is 5.20. The van der Waals surface area contributed by atoms with E-state index in [-0.39, 0.29) is 11.6 Å². The highest BCUT2D eigenvalue weighted by Gasteiger charge is 2.19. The average molecular weight is 370 g/mol. The molecule has 0 aromatic heterocycles. The SMILES string of the molecule is Cc1cc(C)c(C(=O)c2cccc(C(=O)c3c(C)cc(C)cc3C)c2)c(C)c1. The molecule has 0 atom stereocenters. The van der Waals surface area contributed by atoms with E-state index in [0.29, 0.717) is 11.1 Å². The molecular formula is C26H26O2. The van der Waals surface area contributed by atoms with Gasteiger partial charge >= 0.3 is 0 Å². The second kappa shape index (κ2) is 7.55. The van der Waals surface area contributed by atoms with E-state index in [0.717, 1.165) is 44.5 Å². The fourth-order valence-corrected chi connectivity index (χ4v) is 4.17. The predicted molar refractivity (Wildman–Crippen MR) is 115 cm³/mol. The molecule has 0 bridgehead atoms. The lowest BCUT2D eigenvalue weighted by Gasteiger charge is -2.13. The highest BCUT2D eigenvalue weighted by Crippen LogP contribution is 2.24. The van der Waals surface area contributed by atoms with Crippen molar-refractivity contribution in [3.63, 3.8) is 0 Å². The molecule has 0 amide bonds. The maximum absolute atomic E-state index is 13.2. The summed E-state index contributed by atoms with van der Waals surface area (Å²) in [7, 11) is 0. The molecule has 0 aliphatic rings. The Balaban J connectivity index is 2.04. The van der Waals surface area contributed by atoms with Crippen LogP contribution in [0.4, 0.5) is 0 Å². The van der Waals surface area contributed by atoms with Gasteiger partial charge in [0.1, 0.15) is 0 Å². The Labute approximate surface area is 167 Å². The lowest BCUT2D eigenvalue weighted by Crippen LogP contribution is -2.10. The van der Waals surface area contributed by atoms with Crippen LogP contribution in [0.15, 0.2) is 48.5 Å². The van der Waals surface area contributed by atoms with Crippen LogP contribution in [0.2, 0.25) is 0 Å². The summed E-state index contributed by atoms with van der Waals surface area (Å²) < 4.78 is 0. The summed E-state index contributed by atoms with van der Waals surface area (Å²) in [5.41, 5.74) is 8.66. The van der Waals surface area contributed by atoms with Crippen molar-refractivity contribution in [2.75, 3.05) is 0 Å². The van der Waals surface area contributed by atoms with E-state index in [4.69, 9.17) is 0 Å². The number of ketones is 2. The molecule has 0 aliphatic carbocycles. The minimum absolute atomic E-state index is 0.0398. The van der Waals surface area contributed by atoms with Crippen molar-refractivity contribution in [3.05, 3.63) is 104 Å². The molecule has 0 aliphatic heterocycles. The Morgan fingerprint density at radius 1 is 0.536 bits per heavy atom. The third-order valence-electron chi connectivity index (χ3n) is 5.20. The monoisotopic (exact) mass is 370 g/mol. The van der Waals surface area contributed by atoms with Crippen LogP contribution in [-0.4, -0.2) is 11.6 Å². The molecule has 3 rings (SSSR count). The minimum atomic E-state index is -0.0398. The summed E-state index contributed by atoms with van der Waals surface area (Å²) in [5, 5.41) is 0. The molecule has 3 aromatic carbocycles. The van der Waals surface area contributed by atoms with Crippen molar-refractivity contribution in [2.45, 2.75) is 41.5 Å². The average Bonchev–Trinajstić information content (AvgIpc) is 2.60. The van der Waals surface area contributed by atoms with Crippen LogP contribution in [0.5, 0.6) is 0 Å². The Kier molecular flexibility index (Phi) is 5.33. The van der Waals surface area contributed by atoms with Gasteiger partial charge in [0.25, 0.3) is 0 Å². The largest absolute Gasteiger partial charge is 0.289 e. The highest BCUT2D eigenvalue weighted by atomic mass is 16.1. The predicted octanol–water partition coefficient (Wildman–Crippen LogP) is 6.00. The van der Waals surface area contributed by atoms with Gasteiger partial charge < -0.3 is 0 Å². The van der Waals surface area contributed by atoms with E-state index in [2.05, 4.69) is 0 Å². The first-order valence-electron chi connectivity index (χ1n) is 9.54. The molecule has 3 aromatic rings. The number of hydrogen-bond acceptors (Lipinski definition) is 2. The summed E-state index contributed by atoms with van der Waals surface area (Å²) >= 11 is 0. The quantitative estimate of drug-likeness (QED) is 0.528. The van der Waals surface area contributed by atoms with Crippen LogP contribution in [0, 0.1) is 41.5 Å². The van der Waals surface area contributed by atoms with E-state index in [9.17, 15) is 9.59 Å². The van der Waals surface area contributed by atoms with Crippen LogP contribution in [-0.2, 0) is 0 Å². The molecule has 2 heteroatoms. The smallest absolute Gasteiger partial charge is 0.193 e. The summed E-state index contributed by atoms with van der Waals surface area (Å²) in [5.74, 6) is -0.0796. The lowest BCUT2D eigenvalue weighted by atomic mass is 9.90. The fraction of sp³-hybridized carbons (Fsp3) is 0.231. The Morgan fingerprint density at radius 2 is 0.857 bits per heavy atom. The van der Waals surface area contributed by atoms with E-state index in [1.54, 1.807) is 24.3 Å². The number of carbonyl (C=O) groups excluding carboxylic acids is 2. The molecule has 0 spiro atoms. The first-order valence-corrected chi connectivity index (χ1v) is 9.54. The van der Waals surface area contributed by atoms with Gasteiger partial charge in [-0.3, -0.25) is 9.59 Å². The molecule has 0 N–H and O–H groups in total. The molecule has 2 nitrogen and oxygen atoms in total. The summed E-state index contributed by atoms with van der Waals surface area (Å²) in [6, 6.07) is 15.2. The van der Waals surface area contributed by atoms with Crippen LogP contribution >= 0.6 is 0 Å². The van der Waals surface area contributed by atoms with Gasteiger partial charge in [-0.05, 0) is 69.9 Å². The lowest BCUT2D eigenvalue weighted by molar-refractivity contribution is 0.103. The number of aryl methyl sites for hydroxylation is 6. The molecule has 0 radical (unpaired) electrons. The minimum Gasteiger partial charge on any atom is -0.289 e. The topological polar surface area (TPSA) is 34.1 Å². The van der Waals surface area contributed by atoms with Gasteiger partial charge in [-0.15, -0.1) is 0 Å². The third kappa shape index (κ3) is 3.68. The molecule has 0 unspecified atom stereocenters. The van der Waals surface area contributed by atoms with E-state index < -0.39 is 0 Å². The number of benzene rings is 3. The summed E-state index contributed by atoms with van der Waals surface area (Å²) in [6.07, 6.45) is 0. The number of rotatable bonds is 4. The second-order valence-corrected chi connectivity index (χ2v) is 7.79. The zero-order chi connectivity index (χ0) is 20.6. The van der Waals surface area contributed by atoms with Gasteiger partial charge in [0.2, 0.25) is 0 Å². The zero-order valence-electron chi connectivity index (χ0n) is 17.4. The normalized spacial score (nSPS) is 10.8. The van der Waals surface area contributed by atoms with E-state index in [1.165, 1.54) is 0 Å². The zero-order valence-corrected chi connectivity index (χ0v) is 17.4. The van der Waals surface area contributed by atoms with Crippen molar-refractivity contribution in [1.82, 2.24) is 0 Å². The summed E-state index contributed by atoms with van der Waals surface area (Å²) in [6.45, 7) is 11.9. The molecule has 0 fully saturated rings. The Morgan fingerprint density at radius 3 is 1.18 bits per heavy atom. The standard InChI is InChI=1S/C26H26O2/c1-15-10-17(3)23(18(4)11-15)25(27)21-8-7-9-22(14-21)26(28)24-19(5)12-16(2)13-20(24)6/h7-14H,1-6H3. The van der Waals surface area contributed by atoms with Gasteiger partial charge in [-0.2, -0.15) is 0 Å². The van der Waals surface area contributed by atoms with Gasteiger partial charge in [-0.1, -0.05) is 53.6 Å². The second-order valence-electron chi connectivity index (χ2n) is 7.79. The Hall–Kier alpha value is -3.00. The fourth-order valence-electron chi connectivity index (χ4n) is 4.17. The first-order chi connectivity index (χ1) is 13.2. The van der Waals surface area contributed by atoms with Gasteiger partial charge in [-0.25, -0.2) is 0 Å². The highest BCUT2D eigenvalue weighted by molar-refractivity contribution is 6.14. The van der Waals surface area contributed by atoms with E-state index in [1.807, 2.05) is 65.8 Å². The molecule has 0 saturated carbocycles. The molecule has 0 heterocycles.